The first-order valence-corrected chi connectivity index (χ1v) is 33.9. The van der Waals surface area contributed by atoms with Crippen LogP contribution in [0, 0.1) is 5.92 Å². The van der Waals surface area contributed by atoms with E-state index in [2.05, 4.69) is 34.4 Å². The first-order chi connectivity index (χ1) is 50.1. The maximum Gasteiger partial charge on any atom is 0.254 e. The number of para-hydroxylation sites is 2. The highest BCUT2D eigenvalue weighted by molar-refractivity contribution is 6.06. The number of aromatic nitrogens is 6. The van der Waals surface area contributed by atoms with Crippen LogP contribution in [-0.2, 0) is 16.2 Å². The number of piperidine rings is 1. The van der Waals surface area contributed by atoms with E-state index in [1.165, 1.54) is 12.2 Å². The average Bonchev–Trinajstić information content (AvgIpc) is 1.63. The van der Waals surface area contributed by atoms with Crippen molar-refractivity contribution in [1.82, 2.24) is 39.6 Å². The standard InChI is InChI=1S/C28H31N5O4.C25H27N5O4.C25H23N5O2/c1-3-24(34)32-15-12-18(13-16-32)21-11-14-30-28-25(27(29)35)26(31-33(21)28)19-9-10-22(23(17-19)36-2)37-20-7-5-4-6-8-20;1-3-21(31)28-14-18-11-12-27-25-22(24(26)32)23(29-30(18)25)17-9-10-19(20(13-17)33-2)34-15-16-7-5-4-6-8-16;26-18-10-6-16(7-11-18)21-14-15-28-25-22(24(27)31)23(29-30(21)25)17-8-12-20(13-9-17)32-19-4-2-1-3-5-19/h3-10,17-18,21,30H,1,11-16H2,2H3,(H2,29,35);3-10,13,18,27H,1,11-12,14-15H2,2H3,(H2,26,32)(H,28,31);1-13,21,28H,14-15,26H2,(H2,27,31). The maximum absolute atomic E-state index is 12.6. The van der Waals surface area contributed by atoms with Crippen LogP contribution < -0.4 is 67.9 Å². The van der Waals surface area contributed by atoms with Gasteiger partial charge in [0.2, 0.25) is 11.8 Å². The molecule has 0 saturated carbocycles. The second-order valence-corrected chi connectivity index (χ2v) is 24.9. The number of methoxy groups -OCH3 is 2. The Morgan fingerprint density at radius 2 is 1.01 bits per heavy atom. The Morgan fingerprint density at radius 1 is 0.524 bits per heavy atom. The molecule has 0 aliphatic carbocycles. The van der Waals surface area contributed by atoms with Gasteiger partial charge in [-0.1, -0.05) is 92.0 Å². The monoisotopic (exact) mass is 1390 g/mol. The third-order valence-corrected chi connectivity index (χ3v) is 18.4. The van der Waals surface area contributed by atoms with Crippen LogP contribution in [0.2, 0.25) is 0 Å². The number of carbonyl (C=O) groups excluding carboxylic acids is 5. The van der Waals surface area contributed by atoms with Gasteiger partial charge >= 0.3 is 0 Å². The first-order valence-electron chi connectivity index (χ1n) is 33.9. The lowest BCUT2D eigenvalue weighted by Gasteiger charge is -2.38. The summed E-state index contributed by atoms with van der Waals surface area (Å²) in [6.07, 6.45) is 6.75. The fraction of sp³-hybridized carbons (Fsp3) is 0.231. The van der Waals surface area contributed by atoms with Crippen LogP contribution in [-0.4, -0.2) is 117 Å². The number of anilines is 4. The van der Waals surface area contributed by atoms with E-state index in [0.717, 1.165) is 61.1 Å². The molecule has 0 spiro atoms. The summed E-state index contributed by atoms with van der Waals surface area (Å²) in [6, 6.07) is 54.9. The Morgan fingerprint density at radius 3 is 1.58 bits per heavy atom. The summed E-state index contributed by atoms with van der Waals surface area (Å²) in [5, 5.41) is 27.1. The molecule has 0 radical (unpaired) electrons. The van der Waals surface area contributed by atoms with Gasteiger partial charge in [0.25, 0.3) is 17.7 Å². The summed E-state index contributed by atoms with van der Waals surface area (Å²) in [5.41, 5.74) is 30.8. The molecule has 1 fully saturated rings. The van der Waals surface area contributed by atoms with Gasteiger partial charge in [0.05, 0.1) is 32.3 Å². The third-order valence-electron chi connectivity index (χ3n) is 18.4. The minimum absolute atomic E-state index is 0.0145. The molecule has 4 aliphatic rings. The molecule has 3 atom stereocenters. The number of hydrogen-bond acceptors (Lipinski definition) is 17. The Labute approximate surface area is 595 Å². The minimum atomic E-state index is -0.595. The van der Waals surface area contributed by atoms with Crippen molar-refractivity contribution in [2.45, 2.75) is 56.8 Å². The number of carbonyl (C=O) groups is 5. The summed E-state index contributed by atoms with van der Waals surface area (Å²) >= 11 is 0. The molecule has 14 rings (SSSR count). The average molecular weight is 1390 g/mol. The normalized spacial score (nSPS) is 15.7. The Bertz CT molecular complexity index is 4710. The van der Waals surface area contributed by atoms with E-state index in [-0.39, 0.29) is 29.9 Å². The lowest BCUT2D eigenvalue weighted by Crippen LogP contribution is -2.41. The highest BCUT2D eigenvalue weighted by Crippen LogP contribution is 2.44. The number of primary amides is 3. The van der Waals surface area contributed by atoms with Gasteiger partial charge < -0.3 is 72.8 Å². The van der Waals surface area contributed by atoms with Crippen molar-refractivity contribution < 1.29 is 47.7 Å². The van der Waals surface area contributed by atoms with Gasteiger partial charge in [-0.05, 0) is 158 Å². The molecule has 3 unspecified atom stereocenters. The predicted octanol–water partition coefficient (Wildman–Crippen LogP) is 11.6. The zero-order valence-electron chi connectivity index (χ0n) is 57.1. The lowest BCUT2D eigenvalue weighted by molar-refractivity contribution is -0.127. The van der Waals surface area contributed by atoms with Crippen LogP contribution in [0.25, 0.3) is 33.8 Å². The van der Waals surface area contributed by atoms with Crippen molar-refractivity contribution in [1.29, 1.82) is 0 Å². The molecule has 0 bridgehead atoms. The number of nitrogens with one attached hydrogen (secondary N) is 4. The van der Waals surface area contributed by atoms with Crippen molar-refractivity contribution in [3.05, 3.63) is 229 Å². The van der Waals surface area contributed by atoms with E-state index in [4.69, 9.17) is 61.9 Å². The number of amides is 5. The number of hydrogen-bond donors (Lipinski definition) is 8. The molecule has 7 aromatic carbocycles. The molecule has 12 N–H and O–H groups in total. The van der Waals surface area contributed by atoms with Gasteiger partial charge in [-0.15, -0.1) is 0 Å². The lowest BCUT2D eigenvalue weighted by atomic mass is 9.87. The zero-order chi connectivity index (χ0) is 72.1. The molecule has 103 heavy (non-hydrogen) atoms. The summed E-state index contributed by atoms with van der Waals surface area (Å²) in [4.78, 5) is 63.0. The van der Waals surface area contributed by atoms with E-state index in [9.17, 15) is 24.0 Å². The number of ether oxygens (including phenoxy) is 5. The van der Waals surface area contributed by atoms with Crippen LogP contribution in [0.3, 0.4) is 0 Å². The van der Waals surface area contributed by atoms with Crippen molar-refractivity contribution in [2.24, 2.45) is 23.1 Å². The molecule has 10 aromatic rings. The van der Waals surface area contributed by atoms with Gasteiger partial charge in [0.1, 0.15) is 75.1 Å². The molecule has 7 heterocycles. The summed E-state index contributed by atoms with van der Waals surface area (Å²) in [5.74, 6) is 4.51. The quantitative estimate of drug-likeness (QED) is 0.0245. The van der Waals surface area contributed by atoms with E-state index >= 15 is 0 Å². The van der Waals surface area contributed by atoms with Crippen molar-refractivity contribution in [3.8, 4) is 74.0 Å². The smallest absolute Gasteiger partial charge is 0.254 e. The largest absolute Gasteiger partial charge is 0.493 e. The topological polar surface area (TPSA) is 340 Å². The molecular weight excluding hydrogens is 1310 g/mol. The molecule has 3 aromatic heterocycles. The highest BCUT2D eigenvalue weighted by atomic mass is 16.5. The van der Waals surface area contributed by atoms with Crippen LogP contribution in [0.1, 0.15) is 92.4 Å². The highest BCUT2D eigenvalue weighted by Gasteiger charge is 2.37. The zero-order valence-corrected chi connectivity index (χ0v) is 57.1. The predicted molar refractivity (Wildman–Crippen MR) is 395 cm³/mol. The number of nitrogens with two attached hydrogens (primary N) is 4. The van der Waals surface area contributed by atoms with Crippen LogP contribution in [0.5, 0.6) is 40.2 Å². The first kappa shape index (κ1) is 70.1. The third kappa shape index (κ3) is 15.8. The number of fused-ring (bicyclic) bond motifs is 3. The van der Waals surface area contributed by atoms with Gasteiger partial charge in [0.15, 0.2) is 23.0 Å². The van der Waals surface area contributed by atoms with E-state index in [1.54, 1.807) is 31.0 Å². The van der Waals surface area contributed by atoms with Crippen molar-refractivity contribution >= 4 is 52.7 Å². The number of benzene rings is 7. The minimum Gasteiger partial charge on any atom is -0.493 e. The SMILES string of the molecule is C=CC(=O)N1CCC(C2CCNc3c(C(N)=O)c(-c4ccc(Oc5ccccc5)c(OC)c4)nn32)CC1.C=CC(=O)NCC1CCNc2c(C(N)=O)c(-c3ccc(OCc4ccccc4)c(OC)c3)nn21.NC(=O)c1c(-c2ccc(Oc3ccccc3)cc2)nn2c1NCCC2c1ccc(N)cc1. The van der Waals surface area contributed by atoms with Crippen LogP contribution in [0.15, 0.2) is 201 Å². The summed E-state index contributed by atoms with van der Waals surface area (Å²) in [6.45, 7) is 11.2. The molecule has 25 heteroatoms. The van der Waals surface area contributed by atoms with E-state index in [0.29, 0.717) is 148 Å². The fourth-order valence-corrected chi connectivity index (χ4v) is 13.3. The number of rotatable bonds is 21. The molecule has 4 aliphatic heterocycles. The Hall–Kier alpha value is -12.8. The van der Waals surface area contributed by atoms with Crippen molar-refractivity contribution in [2.75, 3.05) is 75.2 Å². The molecule has 25 nitrogen and oxygen atoms in total. The Balaban J connectivity index is 0.000000146. The van der Waals surface area contributed by atoms with Gasteiger partial charge in [0, 0.05) is 61.6 Å². The number of nitrogens with zero attached hydrogens (tertiary/aromatic N) is 7. The summed E-state index contributed by atoms with van der Waals surface area (Å²) in [7, 11) is 3.13. The van der Waals surface area contributed by atoms with Crippen LogP contribution in [0.4, 0.5) is 23.1 Å². The molecule has 5 amide bonds. The van der Waals surface area contributed by atoms with Crippen LogP contribution >= 0.6 is 0 Å². The second-order valence-electron chi connectivity index (χ2n) is 24.9. The van der Waals surface area contributed by atoms with Gasteiger partial charge in [-0.25, -0.2) is 14.0 Å². The number of likely N-dealkylation sites (tertiary alicyclic amines) is 1. The fourth-order valence-electron chi connectivity index (χ4n) is 13.3. The Kier molecular flexibility index (Phi) is 21.8. The van der Waals surface area contributed by atoms with Gasteiger partial charge in [-0.3, -0.25) is 24.0 Å². The molecule has 1 saturated heterocycles. The van der Waals surface area contributed by atoms with E-state index in [1.807, 2.05) is 178 Å². The number of nitrogen functional groups attached to an aromatic ring is 1. The summed E-state index contributed by atoms with van der Waals surface area (Å²) < 4.78 is 34.5. The van der Waals surface area contributed by atoms with Crippen molar-refractivity contribution in [3.63, 3.8) is 0 Å². The molecular formula is C78H81N15O10. The van der Waals surface area contributed by atoms with Gasteiger partial charge in [-0.2, -0.15) is 15.3 Å². The van der Waals surface area contributed by atoms with E-state index < -0.39 is 17.7 Å². The molecule has 528 valence electrons. The maximum atomic E-state index is 12.6. The second kappa shape index (κ2) is 32.0.